The zero-order valence-corrected chi connectivity index (χ0v) is 16.5. The molecule has 7 heteroatoms. The second kappa shape index (κ2) is 7.94. The molecule has 0 bridgehead atoms. The smallest absolute Gasteiger partial charge is 0.216 e. The third-order valence-corrected chi connectivity index (χ3v) is 5.66. The van der Waals surface area contributed by atoms with Crippen LogP contribution in [0.4, 0.5) is 5.69 Å². The summed E-state index contributed by atoms with van der Waals surface area (Å²) in [5.41, 5.74) is 2.63. The third kappa shape index (κ3) is 4.75. The molecule has 142 valence electrons. The lowest BCUT2D eigenvalue weighted by Gasteiger charge is -2.20. The predicted octanol–water partition coefficient (Wildman–Crippen LogP) is 2.70. The number of sulfonamides is 1. The average Bonchev–Trinajstić information content (AvgIpc) is 3.06. The van der Waals surface area contributed by atoms with E-state index in [2.05, 4.69) is 9.71 Å². The van der Waals surface area contributed by atoms with Crippen LogP contribution in [0.1, 0.15) is 23.0 Å². The Labute approximate surface area is 160 Å². The Bertz CT molecular complexity index is 980. The van der Waals surface area contributed by atoms with Crippen molar-refractivity contribution in [1.29, 1.82) is 0 Å². The van der Waals surface area contributed by atoms with Gasteiger partial charge in [-0.25, -0.2) is 13.4 Å². The second-order valence-electron chi connectivity index (χ2n) is 6.68. The van der Waals surface area contributed by atoms with E-state index >= 15 is 0 Å². The molecule has 1 N–H and O–H groups in total. The fraction of sp³-hybridized carbons (Fsp3) is 0.250. The number of rotatable bonds is 7. The van der Waals surface area contributed by atoms with Crippen molar-refractivity contribution in [3.05, 3.63) is 83.9 Å². The van der Waals surface area contributed by atoms with Crippen molar-refractivity contribution in [2.24, 2.45) is 7.05 Å². The van der Waals surface area contributed by atoms with Crippen molar-refractivity contribution in [2.45, 2.75) is 11.8 Å². The summed E-state index contributed by atoms with van der Waals surface area (Å²) < 4.78 is 30.3. The summed E-state index contributed by atoms with van der Waals surface area (Å²) in [6, 6.07) is 16.4. The lowest BCUT2D eigenvalue weighted by Crippen LogP contribution is -2.32. The van der Waals surface area contributed by atoms with E-state index in [0.29, 0.717) is 5.82 Å². The lowest BCUT2D eigenvalue weighted by atomic mass is 10.1. The largest absolute Gasteiger partial charge is 0.378 e. The van der Waals surface area contributed by atoms with E-state index in [0.717, 1.165) is 16.8 Å². The highest BCUT2D eigenvalue weighted by atomic mass is 32.2. The molecule has 0 aliphatic heterocycles. The summed E-state index contributed by atoms with van der Waals surface area (Å²) in [6.45, 7) is 0. The van der Waals surface area contributed by atoms with Crippen LogP contribution in [-0.2, 0) is 22.8 Å². The zero-order valence-electron chi connectivity index (χ0n) is 15.7. The van der Waals surface area contributed by atoms with Crippen molar-refractivity contribution in [3.8, 4) is 0 Å². The van der Waals surface area contributed by atoms with Crippen molar-refractivity contribution < 1.29 is 8.42 Å². The maximum atomic E-state index is 12.8. The van der Waals surface area contributed by atoms with Gasteiger partial charge in [-0.2, -0.15) is 4.72 Å². The minimum Gasteiger partial charge on any atom is -0.378 e. The Morgan fingerprint density at radius 1 is 1.07 bits per heavy atom. The van der Waals surface area contributed by atoms with Crippen LogP contribution in [0.5, 0.6) is 0 Å². The van der Waals surface area contributed by atoms with E-state index in [-0.39, 0.29) is 5.75 Å². The molecule has 0 aliphatic carbocycles. The molecule has 0 fully saturated rings. The number of imidazole rings is 1. The van der Waals surface area contributed by atoms with Gasteiger partial charge in [0.05, 0.1) is 5.75 Å². The van der Waals surface area contributed by atoms with Crippen molar-refractivity contribution in [2.75, 3.05) is 19.0 Å². The van der Waals surface area contributed by atoms with Gasteiger partial charge in [-0.1, -0.05) is 42.5 Å². The maximum Gasteiger partial charge on any atom is 0.216 e. The Kier molecular flexibility index (Phi) is 5.62. The summed E-state index contributed by atoms with van der Waals surface area (Å²) in [4.78, 5) is 6.37. The SMILES string of the molecule is CN(C)c1ccc(C(NS(=O)(=O)Cc2ccccc2)c2nccn2C)cc1. The topological polar surface area (TPSA) is 67.2 Å². The van der Waals surface area contributed by atoms with Gasteiger partial charge in [0.25, 0.3) is 0 Å². The minimum absolute atomic E-state index is 0.0788. The molecule has 0 saturated heterocycles. The van der Waals surface area contributed by atoms with E-state index in [9.17, 15) is 8.42 Å². The molecule has 1 heterocycles. The van der Waals surface area contributed by atoms with Crippen molar-refractivity contribution in [1.82, 2.24) is 14.3 Å². The van der Waals surface area contributed by atoms with Crippen LogP contribution in [0.2, 0.25) is 0 Å². The summed E-state index contributed by atoms with van der Waals surface area (Å²) >= 11 is 0. The van der Waals surface area contributed by atoms with Crippen LogP contribution < -0.4 is 9.62 Å². The number of anilines is 1. The van der Waals surface area contributed by atoms with E-state index in [1.54, 1.807) is 18.3 Å². The molecule has 6 nitrogen and oxygen atoms in total. The van der Waals surface area contributed by atoms with Crippen LogP contribution in [0.25, 0.3) is 0 Å². The van der Waals surface area contributed by atoms with Gasteiger partial charge in [-0.05, 0) is 23.3 Å². The van der Waals surface area contributed by atoms with Gasteiger partial charge >= 0.3 is 0 Å². The normalized spacial score (nSPS) is 12.7. The van der Waals surface area contributed by atoms with E-state index in [4.69, 9.17) is 0 Å². The van der Waals surface area contributed by atoms with Gasteiger partial charge in [-0.3, -0.25) is 0 Å². The fourth-order valence-corrected chi connectivity index (χ4v) is 4.22. The number of hydrogen-bond donors (Lipinski definition) is 1. The molecule has 1 unspecified atom stereocenters. The van der Waals surface area contributed by atoms with Gasteiger partial charge in [0, 0.05) is 39.2 Å². The van der Waals surface area contributed by atoms with Gasteiger partial charge in [0.2, 0.25) is 10.0 Å². The first-order valence-corrected chi connectivity index (χ1v) is 10.3. The van der Waals surface area contributed by atoms with E-state index < -0.39 is 16.1 Å². The Hall–Kier alpha value is -2.64. The van der Waals surface area contributed by atoms with Gasteiger partial charge in [0.15, 0.2) is 0 Å². The number of benzene rings is 2. The van der Waals surface area contributed by atoms with Gasteiger partial charge in [0.1, 0.15) is 11.9 Å². The number of aromatic nitrogens is 2. The highest BCUT2D eigenvalue weighted by Crippen LogP contribution is 2.24. The zero-order chi connectivity index (χ0) is 19.4. The van der Waals surface area contributed by atoms with Crippen LogP contribution in [0.3, 0.4) is 0 Å². The number of nitrogens with one attached hydrogen (secondary N) is 1. The van der Waals surface area contributed by atoms with Crippen LogP contribution in [-0.4, -0.2) is 32.1 Å². The van der Waals surface area contributed by atoms with Gasteiger partial charge < -0.3 is 9.47 Å². The minimum atomic E-state index is -3.57. The number of nitrogens with zero attached hydrogens (tertiary/aromatic N) is 3. The van der Waals surface area contributed by atoms with Gasteiger partial charge in [-0.15, -0.1) is 0 Å². The standard InChI is InChI=1S/C20H24N4O2S/c1-23(2)18-11-9-17(10-12-18)19(20-21-13-14-24(20)3)22-27(25,26)15-16-7-5-4-6-8-16/h4-14,19,22H,15H2,1-3H3. The first-order chi connectivity index (χ1) is 12.9. The van der Waals surface area contributed by atoms with Crippen LogP contribution in [0.15, 0.2) is 67.0 Å². The first-order valence-electron chi connectivity index (χ1n) is 8.64. The number of hydrogen-bond acceptors (Lipinski definition) is 4. The molecule has 1 aromatic heterocycles. The quantitative estimate of drug-likeness (QED) is 0.680. The molecular formula is C20H24N4O2S. The molecule has 0 saturated carbocycles. The Morgan fingerprint density at radius 3 is 2.30 bits per heavy atom. The molecule has 1 atom stereocenters. The van der Waals surface area contributed by atoms with E-state index in [1.807, 2.05) is 79.3 Å². The maximum absolute atomic E-state index is 12.8. The molecule has 3 rings (SSSR count). The molecule has 2 aromatic carbocycles. The van der Waals surface area contributed by atoms with Crippen molar-refractivity contribution in [3.63, 3.8) is 0 Å². The van der Waals surface area contributed by atoms with Crippen molar-refractivity contribution >= 4 is 15.7 Å². The lowest BCUT2D eigenvalue weighted by molar-refractivity contribution is 0.562. The highest BCUT2D eigenvalue weighted by Gasteiger charge is 2.24. The highest BCUT2D eigenvalue weighted by molar-refractivity contribution is 7.88. The summed E-state index contributed by atoms with van der Waals surface area (Å²) in [6.07, 6.45) is 3.48. The summed E-state index contributed by atoms with van der Waals surface area (Å²) in [7, 11) is 2.22. The Balaban J connectivity index is 1.92. The molecule has 0 radical (unpaired) electrons. The second-order valence-corrected chi connectivity index (χ2v) is 8.43. The Morgan fingerprint density at radius 2 is 1.74 bits per heavy atom. The summed E-state index contributed by atoms with van der Waals surface area (Å²) in [5.74, 6) is 0.564. The monoisotopic (exact) mass is 384 g/mol. The van der Waals surface area contributed by atoms with Crippen LogP contribution in [0, 0.1) is 0 Å². The molecule has 0 aliphatic rings. The molecule has 27 heavy (non-hydrogen) atoms. The fourth-order valence-electron chi connectivity index (χ4n) is 2.90. The first kappa shape index (κ1) is 19.1. The number of aryl methyl sites for hydroxylation is 1. The predicted molar refractivity (Wildman–Crippen MR) is 108 cm³/mol. The molecule has 0 spiro atoms. The third-order valence-electron chi connectivity index (χ3n) is 4.36. The summed E-state index contributed by atoms with van der Waals surface area (Å²) in [5, 5.41) is 0. The molecule has 0 amide bonds. The molecule has 3 aromatic rings. The molecular weight excluding hydrogens is 360 g/mol. The van der Waals surface area contributed by atoms with Crippen LogP contribution >= 0.6 is 0 Å². The average molecular weight is 385 g/mol. The van der Waals surface area contributed by atoms with E-state index in [1.165, 1.54) is 0 Å².